The first-order valence-corrected chi connectivity index (χ1v) is 6.21. The molecule has 0 aliphatic rings. The second-order valence-corrected chi connectivity index (χ2v) is 3.97. The van der Waals surface area contributed by atoms with E-state index in [1.54, 1.807) is 6.08 Å². The first kappa shape index (κ1) is 14.2. The number of allylic oxidation sites excluding steroid dienone is 1. The molecule has 0 aromatic heterocycles. The molecule has 0 bridgehead atoms. The Balaban J connectivity index is 3.87. The van der Waals surface area contributed by atoms with Crippen LogP contribution in [-0.2, 0) is 4.79 Å². The standard InChI is InChI=1S/C13H25NO/c1-4-7-8-11-13(15)14-12(9-5-2)10-6-3/h8,11-12H,4-7,9-10H2,1-3H3,(H,14,15)/b11-8-. The molecule has 1 N–H and O–H groups in total. The Bertz CT molecular complexity index is 181. The average Bonchev–Trinajstić information content (AvgIpc) is 2.19. The summed E-state index contributed by atoms with van der Waals surface area (Å²) in [5, 5.41) is 3.05. The molecule has 1 amide bonds. The summed E-state index contributed by atoms with van der Waals surface area (Å²) in [6.07, 6.45) is 10.1. The van der Waals surface area contributed by atoms with Crippen LogP contribution in [0.5, 0.6) is 0 Å². The van der Waals surface area contributed by atoms with Gasteiger partial charge in [0.15, 0.2) is 0 Å². The van der Waals surface area contributed by atoms with Crippen molar-refractivity contribution in [1.82, 2.24) is 5.32 Å². The molecule has 0 aliphatic heterocycles. The molecule has 0 rings (SSSR count). The van der Waals surface area contributed by atoms with Crippen LogP contribution in [0, 0.1) is 0 Å². The van der Waals surface area contributed by atoms with Gasteiger partial charge in [0.1, 0.15) is 0 Å². The smallest absolute Gasteiger partial charge is 0.243 e. The van der Waals surface area contributed by atoms with Gasteiger partial charge in [-0.1, -0.05) is 46.1 Å². The third kappa shape index (κ3) is 8.22. The van der Waals surface area contributed by atoms with Gasteiger partial charge in [0.05, 0.1) is 0 Å². The molecular weight excluding hydrogens is 186 g/mol. The number of carbonyl (C=O) groups is 1. The lowest BCUT2D eigenvalue weighted by atomic mass is 10.1. The third-order valence-electron chi connectivity index (χ3n) is 2.35. The minimum atomic E-state index is 0.0651. The maximum atomic E-state index is 11.5. The first-order chi connectivity index (χ1) is 7.24. The fraction of sp³-hybridized carbons (Fsp3) is 0.769. The Labute approximate surface area is 94.1 Å². The maximum Gasteiger partial charge on any atom is 0.243 e. The van der Waals surface area contributed by atoms with E-state index in [1.165, 1.54) is 0 Å². The van der Waals surface area contributed by atoms with Crippen LogP contribution in [0.4, 0.5) is 0 Å². The molecule has 0 aromatic carbocycles. The molecule has 0 saturated carbocycles. The van der Waals surface area contributed by atoms with Crippen LogP contribution in [0.3, 0.4) is 0 Å². The maximum absolute atomic E-state index is 11.5. The Morgan fingerprint density at radius 2 is 1.73 bits per heavy atom. The summed E-state index contributed by atoms with van der Waals surface area (Å²) in [6.45, 7) is 6.42. The molecule has 0 unspecified atom stereocenters. The van der Waals surface area contributed by atoms with Gasteiger partial charge in [-0.15, -0.1) is 0 Å². The van der Waals surface area contributed by atoms with Crippen LogP contribution in [0.25, 0.3) is 0 Å². The zero-order valence-electron chi connectivity index (χ0n) is 10.4. The van der Waals surface area contributed by atoms with Gasteiger partial charge in [0, 0.05) is 6.04 Å². The summed E-state index contributed by atoms with van der Waals surface area (Å²) in [7, 11) is 0. The van der Waals surface area contributed by atoms with Gasteiger partial charge in [0.25, 0.3) is 0 Å². The number of hydrogen-bond acceptors (Lipinski definition) is 1. The van der Waals surface area contributed by atoms with Crippen LogP contribution >= 0.6 is 0 Å². The summed E-state index contributed by atoms with van der Waals surface area (Å²) >= 11 is 0. The first-order valence-electron chi connectivity index (χ1n) is 6.21. The van der Waals surface area contributed by atoms with E-state index in [4.69, 9.17) is 0 Å². The van der Waals surface area contributed by atoms with Crippen molar-refractivity contribution in [2.75, 3.05) is 0 Å². The van der Waals surface area contributed by atoms with Crippen molar-refractivity contribution >= 4 is 5.91 Å². The molecule has 88 valence electrons. The van der Waals surface area contributed by atoms with E-state index < -0.39 is 0 Å². The third-order valence-corrected chi connectivity index (χ3v) is 2.35. The Morgan fingerprint density at radius 3 is 2.20 bits per heavy atom. The van der Waals surface area contributed by atoms with Gasteiger partial charge < -0.3 is 5.32 Å². The molecule has 0 saturated heterocycles. The second-order valence-electron chi connectivity index (χ2n) is 3.97. The van der Waals surface area contributed by atoms with Crippen molar-refractivity contribution in [3.63, 3.8) is 0 Å². The second kappa shape index (κ2) is 9.75. The molecule has 0 aromatic rings. The molecule has 0 aliphatic carbocycles. The number of rotatable bonds is 8. The van der Waals surface area contributed by atoms with Gasteiger partial charge in [-0.05, 0) is 25.3 Å². The fourth-order valence-corrected chi connectivity index (χ4v) is 1.59. The van der Waals surface area contributed by atoms with E-state index in [2.05, 4.69) is 26.1 Å². The zero-order chi connectivity index (χ0) is 11.5. The van der Waals surface area contributed by atoms with Gasteiger partial charge in [-0.25, -0.2) is 0 Å². The number of carbonyl (C=O) groups excluding carboxylic acids is 1. The Morgan fingerprint density at radius 1 is 1.13 bits per heavy atom. The van der Waals surface area contributed by atoms with Crippen molar-refractivity contribution in [1.29, 1.82) is 0 Å². The van der Waals surface area contributed by atoms with Crippen molar-refractivity contribution in [2.24, 2.45) is 0 Å². The van der Waals surface area contributed by atoms with Crippen molar-refractivity contribution < 1.29 is 4.79 Å². The highest BCUT2D eigenvalue weighted by atomic mass is 16.1. The van der Waals surface area contributed by atoms with Crippen LogP contribution in [-0.4, -0.2) is 11.9 Å². The van der Waals surface area contributed by atoms with E-state index in [1.807, 2.05) is 6.08 Å². The molecular formula is C13H25NO. The summed E-state index contributed by atoms with van der Waals surface area (Å²) in [5.74, 6) is 0.0651. The Kier molecular flexibility index (Phi) is 9.24. The van der Waals surface area contributed by atoms with Crippen LogP contribution < -0.4 is 5.32 Å². The van der Waals surface area contributed by atoms with Crippen LogP contribution in [0.1, 0.15) is 59.3 Å². The highest BCUT2D eigenvalue weighted by molar-refractivity contribution is 5.87. The Hall–Kier alpha value is -0.790. The van der Waals surface area contributed by atoms with Gasteiger partial charge in [-0.2, -0.15) is 0 Å². The molecule has 2 heteroatoms. The fourth-order valence-electron chi connectivity index (χ4n) is 1.59. The number of nitrogens with one attached hydrogen (secondary N) is 1. The lowest BCUT2D eigenvalue weighted by Gasteiger charge is -2.15. The zero-order valence-corrected chi connectivity index (χ0v) is 10.4. The number of unbranched alkanes of at least 4 members (excludes halogenated alkanes) is 1. The van der Waals surface area contributed by atoms with Gasteiger partial charge in [-0.3, -0.25) is 4.79 Å². The lowest BCUT2D eigenvalue weighted by molar-refractivity contribution is -0.117. The normalized spacial score (nSPS) is 11.2. The van der Waals surface area contributed by atoms with Crippen LogP contribution in [0.2, 0.25) is 0 Å². The average molecular weight is 211 g/mol. The number of amides is 1. The molecule has 0 radical (unpaired) electrons. The van der Waals surface area contributed by atoms with Crippen molar-refractivity contribution in [3.8, 4) is 0 Å². The molecule has 15 heavy (non-hydrogen) atoms. The minimum Gasteiger partial charge on any atom is -0.350 e. The molecule has 2 nitrogen and oxygen atoms in total. The lowest BCUT2D eigenvalue weighted by Crippen LogP contribution is -2.33. The highest BCUT2D eigenvalue weighted by Crippen LogP contribution is 2.04. The number of hydrogen-bond donors (Lipinski definition) is 1. The van der Waals surface area contributed by atoms with Gasteiger partial charge >= 0.3 is 0 Å². The SMILES string of the molecule is CCC/C=C\C(=O)NC(CCC)CCC. The van der Waals surface area contributed by atoms with E-state index >= 15 is 0 Å². The molecule has 0 heterocycles. The molecule has 0 fully saturated rings. The van der Waals surface area contributed by atoms with Gasteiger partial charge in [0.2, 0.25) is 5.91 Å². The van der Waals surface area contributed by atoms with Crippen molar-refractivity contribution in [3.05, 3.63) is 12.2 Å². The summed E-state index contributed by atoms with van der Waals surface area (Å²) in [6, 6.07) is 0.360. The highest BCUT2D eigenvalue weighted by Gasteiger charge is 2.07. The predicted octanol–water partition coefficient (Wildman–Crippen LogP) is 3.43. The molecule has 0 spiro atoms. The topological polar surface area (TPSA) is 29.1 Å². The summed E-state index contributed by atoms with van der Waals surface area (Å²) < 4.78 is 0. The quantitative estimate of drug-likeness (QED) is 0.612. The summed E-state index contributed by atoms with van der Waals surface area (Å²) in [4.78, 5) is 11.5. The van der Waals surface area contributed by atoms with E-state index in [0.29, 0.717) is 6.04 Å². The largest absolute Gasteiger partial charge is 0.350 e. The predicted molar refractivity (Wildman–Crippen MR) is 65.8 cm³/mol. The van der Waals surface area contributed by atoms with E-state index in [0.717, 1.165) is 38.5 Å². The minimum absolute atomic E-state index is 0.0651. The van der Waals surface area contributed by atoms with Crippen molar-refractivity contribution in [2.45, 2.75) is 65.3 Å². The summed E-state index contributed by atoms with van der Waals surface area (Å²) in [5.41, 5.74) is 0. The van der Waals surface area contributed by atoms with E-state index in [-0.39, 0.29) is 5.91 Å². The van der Waals surface area contributed by atoms with Crippen LogP contribution in [0.15, 0.2) is 12.2 Å². The monoisotopic (exact) mass is 211 g/mol. The molecule has 0 atom stereocenters. The van der Waals surface area contributed by atoms with E-state index in [9.17, 15) is 4.79 Å².